The molecule has 6 aliphatic rings. The summed E-state index contributed by atoms with van der Waals surface area (Å²) in [4.78, 5) is 23.6. The maximum Gasteiger partial charge on any atom is 0.258 e. The minimum atomic E-state index is -0.579. The van der Waals surface area contributed by atoms with Crippen molar-refractivity contribution in [2.75, 3.05) is 31.0 Å². The van der Waals surface area contributed by atoms with Gasteiger partial charge in [0, 0.05) is 5.54 Å². The van der Waals surface area contributed by atoms with Crippen molar-refractivity contribution in [3.63, 3.8) is 0 Å². The number of rotatable bonds is 6. The molecule has 9 heteroatoms. The van der Waals surface area contributed by atoms with Crippen LogP contribution in [0.15, 0.2) is 5.16 Å². The van der Waals surface area contributed by atoms with Gasteiger partial charge in [-0.3, -0.25) is 4.79 Å². The van der Waals surface area contributed by atoms with E-state index in [1.807, 2.05) is 11.2 Å². The first-order chi connectivity index (χ1) is 15.5. The van der Waals surface area contributed by atoms with Gasteiger partial charge >= 0.3 is 0 Å². The van der Waals surface area contributed by atoms with E-state index in [1.165, 1.54) is 31.0 Å². The topological polar surface area (TPSA) is 76.6 Å². The number of fused-ring (bicyclic) bond motifs is 2. The molecule has 4 saturated carbocycles. The molecular weight excluding hydrogens is 431 g/mol. The minimum absolute atomic E-state index is 0.0814. The molecule has 3 heterocycles. The SMILES string of the molecule is CSc1nc(OCC(=O)NC23CC4CC(CC(C4)C2)C3)c(F)c(N2C3CCC2COC3)n1. The lowest BCUT2D eigenvalue weighted by Crippen LogP contribution is -2.60. The molecule has 174 valence electrons. The Balaban J connectivity index is 1.17. The number of nitrogens with one attached hydrogen (secondary N) is 1. The first-order valence-corrected chi connectivity index (χ1v) is 13.2. The lowest BCUT2D eigenvalue weighted by Gasteiger charge is -2.56. The highest BCUT2D eigenvalue weighted by Crippen LogP contribution is 2.55. The largest absolute Gasteiger partial charge is 0.465 e. The first kappa shape index (κ1) is 21.0. The zero-order valence-electron chi connectivity index (χ0n) is 18.5. The molecule has 1 aromatic heterocycles. The van der Waals surface area contributed by atoms with Gasteiger partial charge in [-0.1, -0.05) is 11.8 Å². The third kappa shape index (κ3) is 3.65. The summed E-state index contributed by atoms with van der Waals surface area (Å²) in [5, 5.41) is 3.73. The van der Waals surface area contributed by atoms with Gasteiger partial charge in [-0.25, -0.2) is 4.98 Å². The van der Waals surface area contributed by atoms with Crippen LogP contribution in [0.3, 0.4) is 0 Å². The summed E-state index contributed by atoms with van der Waals surface area (Å²) in [5.74, 6) is 1.63. The van der Waals surface area contributed by atoms with Crippen molar-refractivity contribution in [1.82, 2.24) is 15.3 Å². The summed E-state index contributed by atoms with van der Waals surface area (Å²) in [6.07, 6.45) is 11.0. The van der Waals surface area contributed by atoms with Crippen LogP contribution in [0.5, 0.6) is 5.88 Å². The molecule has 2 atom stereocenters. The van der Waals surface area contributed by atoms with Crippen LogP contribution in [0, 0.1) is 23.6 Å². The maximum absolute atomic E-state index is 15.4. The van der Waals surface area contributed by atoms with Gasteiger partial charge < -0.3 is 19.7 Å². The number of hydrogen-bond acceptors (Lipinski definition) is 7. The Labute approximate surface area is 192 Å². The number of carbonyl (C=O) groups is 1. The zero-order chi connectivity index (χ0) is 21.9. The van der Waals surface area contributed by atoms with Crippen LogP contribution in [0.4, 0.5) is 10.2 Å². The second-order valence-corrected chi connectivity index (χ2v) is 11.3. The first-order valence-electron chi connectivity index (χ1n) is 11.9. The number of aromatic nitrogens is 2. The zero-order valence-corrected chi connectivity index (χ0v) is 19.3. The van der Waals surface area contributed by atoms with Crippen LogP contribution in [0.1, 0.15) is 51.4 Å². The monoisotopic (exact) mass is 462 g/mol. The second-order valence-electron chi connectivity index (χ2n) is 10.5. The Morgan fingerprint density at radius 3 is 2.38 bits per heavy atom. The molecule has 0 aromatic carbocycles. The molecule has 2 saturated heterocycles. The number of carbonyl (C=O) groups excluding carboxylic acids is 1. The van der Waals surface area contributed by atoms with Gasteiger partial charge in [0.05, 0.1) is 25.3 Å². The normalized spacial score (nSPS) is 37.1. The maximum atomic E-state index is 15.4. The van der Waals surface area contributed by atoms with Crippen molar-refractivity contribution < 1.29 is 18.7 Å². The Kier molecular flexibility index (Phi) is 5.24. The number of thioether (sulfide) groups is 1. The smallest absolute Gasteiger partial charge is 0.258 e. The number of hydrogen-bond donors (Lipinski definition) is 1. The molecule has 1 N–H and O–H groups in total. The fourth-order valence-electron chi connectivity index (χ4n) is 7.46. The average Bonchev–Trinajstić information content (AvgIpc) is 2.99. The van der Waals surface area contributed by atoms with E-state index in [9.17, 15) is 4.79 Å². The number of morpholine rings is 1. The number of anilines is 1. The number of nitrogens with zero attached hydrogens (tertiary/aromatic N) is 3. The van der Waals surface area contributed by atoms with E-state index in [2.05, 4.69) is 15.3 Å². The third-order valence-corrected chi connectivity index (χ3v) is 8.78. The van der Waals surface area contributed by atoms with Crippen LogP contribution < -0.4 is 15.0 Å². The molecule has 2 unspecified atom stereocenters. The predicted molar refractivity (Wildman–Crippen MR) is 118 cm³/mol. The highest BCUT2D eigenvalue weighted by atomic mass is 32.2. The van der Waals surface area contributed by atoms with E-state index in [1.54, 1.807) is 0 Å². The van der Waals surface area contributed by atoms with E-state index < -0.39 is 5.82 Å². The van der Waals surface area contributed by atoms with Crippen LogP contribution >= 0.6 is 11.8 Å². The van der Waals surface area contributed by atoms with Crippen LogP contribution in [-0.2, 0) is 9.53 Å². The number of halogens is 1. The van der Waals surface area contributed by atoms with E-state index in [0.29, 0.717) is 18.4 Å². The summed E-state index contributed by atoms with van der Waals surface area (Å²) < 4.78 is 26.7. The summed E-state index contributed by atoms with van der Waals surface area (Å²) in [6.45, 7) is 0.940. The van der Waals surface area contributed by atoms with Crippen molar-refractivity contribution in [3.05, 3.63) is 5.82 Å². The molecule has 7 rings (SSSR count). The van der Waals surface area contributed by atoms with Gasteiger partial charge in [-0.2, -0.15) is 9.37 Å². The molecule has 1 amide bonds. The lowest BCUT2D eigenvalue weighted by molar-refractivity contribution is -0.129. The molecule has 6 bridgehead atoms. The van der Waals surface area contributed by atoms with E-state index in [-0.39, 0.29) is 41.8 Å². The summed E-state index contributed by atoms with van der Waals surface area (Å²) in [6, 6.07) is 0.250. The van der Waals surface area contributed by atoms with Crippen molar-refractivity contribution in [1.29, 1.82) is 0 Å². The van der Waals surface area contributed by atoms with E-state index in [4.69, 9.17) is 9.47 Å². The van der Waals surface area contributed by atoms with Gasteiger partial charge in [0.2, 0.25) is 5.82 Å². The van der Waals surface area contributed by atoms with Gasteiger partial charge in [-0.05, 0) is 75.4 Å². The van der Waals surface area contributed by atoms with Crippen molar-refractivity contribution in [3.8, 4) is 5.88 Å². The number of amides is 1. The van der Waals surface area contributed by atoms with Crippen LogP contribution in [0.2, 0.25) is 0 Å². The highest BCUT2D eigenvalue weighted by Gasteiger charge is 2.51. The Morgan fingerprint density at radius 1 is 1.16 bits per heavy atom. The standard InChI is InChI=1S/C23H31FN4O3S/c1-32-22-25-20(28-16-2-3-17(28)11-30-10-16)19(24)21(26-22)31-12-18(29)27-23-7-13-4-14(8-23)6-15(5-13)9-23/h13-17H,2-12H2,1H3,(H,27,29). The van der Waals surface area contributed by atoms with Crippen LogP contribution in [0.25, 0.3) is 0 Å². The Hall–Kier alpha value is -1.61. The van der Waals surface area contributed by atoms with Crippen molar-refractivity contribution in [2.45, 2.75) is 74.1 Å². The molecule has 7 nitrogen and oxygen atoms in total. The van der Waals surface area contributed by atoms with Gasteiger partial charge in [0.25, 0.3) is 11.8 Å². The average molecular weight is 463 g/mol. The molecule has 6 fully saturated rings. The third-order valence-electron chi connectivity index (χ3n) is 8.23. The fourth-order valence-corrected chi connectivity index (χ4v) is 7.81. The fraction of sp³-hybridized carbons (Fsp3) is 0.783. The lowest BCUT2D eigenvalue weighted by atomic mass is 9.53. The highest BCUT2D eigenvalue weighted by molar-refractivity contribution is 7.98. The van der Waals surface area contributed by atoms with Crippen LogP contribution in [-0.4, -0.2) is 59.6 Å². The second kappa shape index (κ2) is 8.01. The molecule has 0 radical (unpaired) electrons. The van der Waals surface area contributed by atoms with Gasteiger partial charge in [0.15, 0.2) is 17.6 Å². The van der Waals surface area contributed by atoms with Crippen molar-refractivity contribution in [2.24, 2.45) is 17.8 Å². The van der Waals surface area contributed by atoms with E-state index >= 15 is 4.39 Å². The minimum Gasteiger partial charge on any atom is -0.465 e. The molecular formula is C23H31FN4O3S. The Bertz CT molecular complexity index is 864. The molecule has 4 aliphatic carbocycles. The number of ether oxygens (including phenoxy) is 2. The van der Waals surface area contributed by atoms with E-state index in [0.717, 1.165) is 49.9 Å². The molecule has 0 spiro atoms. The quantitative estimate of drug-likeness (QED) is 0.514. The Morgan fingerprint density at radius 2 is 1.78 bits per heavy atom. The van der Waals surface area contributed by atoms with Crippen molar-refractivity contribution >= 4 is 23.5 Å². The van der Waals surface area contributed by atoms with Gasteiger partial charge in [-0.15, -0.1) is 0 Å². The predicted octanol–water partition coefficient (Wildman–Crippen LogP) is 3.17. The summed E-state index contributed by atoms with van der Waals surface area (Å²) >= 11 is 1.34. The molecule has 32 heavy (non-hydrogen) atoms. The molecule has 1 aromatic rings. The van der Waals surface area contributed by atoms with Gasteiger partial charge in [0.1, 0.15) is 0 Å². The summed E-state index contributed by atoms with van der Waals surface area (Å²) in [7, 11) is 0. The molecule has 2 aliphatic heterocycles. The summed E-state index contributed by atoms with van der Waals surface area (Å²) in [5.41, 5.74) is -0.0814.